The van der Waals surface area contributed by atoms with E-state index < -0.39 is 5.60 Å². The standard InChI is InChI=1S/C25H26N2O4S/c1-15-6-7-17(10-16(15)2)22-12-19-23(32-22)24(28)27(14-26-19)18-8-9-20(21(11-18)30-5)31-13-25(3,4)29/h6-12,14,29H,13H2,1-5H3. The first-order chi connectivity index (χ1) is 15.2. The van der Waals surface area contributed by atoms with E-state index in [-0.39, 0.29) is 12.2 Å². The molecule has 166 valence electrons. The lowest BCUT2D eigenvalue weighted by Gasteiger charge is -2.19. The number of aliphatic hydroxyl groups is 1. The van der Waals surface area contributed by atoms with Crippen LogP contribution in [0.2, 0.25) is 0 Å². The Morgan fingerprint density at radius 2 is 1.84 bits per heavy atom. The monoisotopic (exact) mass is 450 g/mol. The van der Waals surface area contributed by atoms with Gasteiger partial charge in [0.05, 0.1) is 23.9 Å². The highest BCUT2D eigenvalue weighted by molar-refractivity contribution is 7.22. The lowest BCUT2D eigenvalue weighted by molar-refractivity contribution is 0.0276. The van der Waals surface area contributed by atoms with Gasteiger partial charge in [-0.1, -0.05) is 18.2 Å². The van der Waals surface area contributed by atoms with E-state index in [1.54, 1.807) is 32.0 Å². The predicted octanol–water partition coefficient (Wildman–Crippen LogP) is 4.89. The number of rotatable bonds is 6. The maximum Gasteiger partial charge on any atom is 0.275 e. The Morgan fingerprint density at radius 3 is 2.53 bits per heavy atom. The van der Waals surface area contributed by atoms with Crippen molar-refractivity contribution in [2.45, 2.75) is 33.3 Å². The summed E-state index contributed by atoms with van der Waals surface area (Å²) >= 11 is 1.44. The van der Waals surface area contributed by atoms with Crippen LogP contribution in [0.15, 0.2) is 53.6 Å². The minimum atomic E-state index is -0.970. The molecule has 32 heavy (non-hydrogen) atoms. The molecule has 6 nitrogen and oxygen atoms in total. The van der Waals surface area contributed by atoms with Crippen molar-refractivity contribution in [2.75, 3.05) is 13.7 Å². The van der Waals surface area contributed by atoms with Crippen LogP contribution in [0.25, 0.3) is 26.3 Å². The minimum absolute atomic E-state index is 0.118. The fourth-order valence-corrected chi connectivity index (χ4v) is 4.35. The Labute approximate surface area is 190 Å². The Hall–Kier alpha value is -3.16. The molecule has 0 bridgehead atoms. The van der Waals surface area contributed by atoms with Crippen LogP contribution >= 0.6 is 11.3 Å². The first-order valence-corrected chi connectivity index (χ1v) is 11.1. The van der Waals surface area contributed by atoms with Gasteiger partial charge in [-0.05, 0) is 62.6 Å². The second-order valence-corrected chi connectivity index (χ2v) is 9.53. The molecule has 4 rings (SSSR count). The molecule has 0 saturated carbocycles. The van der Waals surface area contributed by atoms with Crippen molar-refractivity contribution >= 4 is 21.6 Å². The van der Waals surface area contributed by atoms with Crippen molar-refractivity contribution in [1.29, 1.82) is 0 Å². The van der Waals surface area contributed by atoms with Crippen LogP contribution in [0.5, 0.6) is 11.5 Å². The molecule has 0 spiro atoms. The average molecular weight is 451 g/mol. The fourth-order valence-electron chi connectivity index (χ4n) is 3.31. The van der Waals surface area contributed by atoms with E-state index in [0.29, 0.717) is 27.4 Å². The second kappa shape index (κ2) is 8.41. The van der Waals surface area contributed by atoms with Crippen molar-refractivity contribution in [1.82, 2.24) is 9.55 Å². The van der Waals surface area contributed by atoms with Crippen molar-refractivity contribution in [2.24, 2.45) is 0 Å². The summed E-state index contributed by atoms with van der Waals surface area (Å²) in [4.78, 5) is 18.8. The van der Waals surface area contributed by atoms with Gasteiger partial charge in [0.1, 0.15) is 17.6 Å². The van der Waals surface area contributed by atoms with Gasteiger partial charge in [0.25, 0.3) is 5.56 Å². The molecule has 0 aliphatic carbocycles. The molecule has 4 aromatic rings. The van der Waals surface area contributed by atoms with Gasteiger partial charge >= 0.3 is 0 Å². The SMILES string of the molecule is COc1cc(-n2cnc3cc(-c4ccc(C)c(C)c4)sc3c2=O)ccc1OCC(C)(C)O. The molecule has 7 heteroatoms. The average Bonchev–Trinajstić information content (AvgIpc) is 3.19. The summed E-state index contributed by atoms with van der Waals surface area (Å²) in [5, 5.41) is 9.91. The molecule has 0 unspecified atom stereocenters. The molecule has 2 heterocycles. The molecule has 0 aliphatic rings. The zero-order valence-electron chi connectivity index (χ0n) is 18.8. The largest absolute Gasteiger partial charge is 0.493 e. The maximum absolute atomic E-state index is 13.3. The van der Waals surface area contributed by atoms with E-state index in [4.69, 9.17) is 9.47 Å². The molecule has 0 radical (unpaired) electrons. The number of fused-ring (bicyclic) bond motifs is 1. The Kier molecular flexibility index (Phi) is 5.79. The Bertz CT molecular complexity index is 1350. The van der Waals surface area contributed by atoms with E-state index >= 15 is 0 Å². The molecule has 0 saturated heterocycles. The third-order valence-electron chi connectivity index (χ3n) is 5.24. The van der Waals surface area contributed by atoms with Crippen molar-refractivity contribution in [3.05, 3.63) is 70.3 Å². The van der Waals surface area contributed by atoms with Crippen LogP contribution in [-0.4, -0.2) is 34.0 Å². The van der Waals surface area contributed by atoms with Crippen molar-refractivity contribution < 1.29 is 14.6 Å². The molecule has 0 aliphatic heterocycles. The quantitative estimate of drug-likeness (QED) is 0.453. The molecule has 1 N–H and O–H groups in total. The number of thiophene rings is 1. The van der Waals surface area contributed by atoms with Crippen LogP contribution in [0.4, 0.5) is 0 Å². The van der Waals surface area contributed by atoms with Gasteiger partial charge in [-0.25, -0.2) is 4.98 Å². The van der Waals surface area contributed by atoms with E-state index in [9.17, 15) is 9.90 Å². The normalized spacial score (nSPS) is 11.7. The number of ether oxygens (including phenoxy) is 2. The van der Waals surface area contributed by atoms with E-state index in [1.165, 1.54) is 40.5 Å². The van der Waals surface area contributed by atoms with Gasteiger partial charge in [-0.2, -0.15) is 0 Å². The first-order valence-electron chi connectivity index (χ1n) is 10.3. The highest BCUT2D eigenvalue weighted by Crippen LogP contribution is 2.33. The van der Waals surface area contributed by atoms with Gasteiger partial charge in [-0.3, -0.25) is 9.36 Å². The van der Waals surface area contributed by atoms with Crippen molar-refractivity contribution in [3.63, 3.8) is 0 Å². The van der Waals surface area contributed by atoms with Crippen LogP contribution in [0.1, 0.15) is 25.0 Å². The number of methoxy groups -OCH3 is 1. The number of aryl methyl sites for hydroxylation is 2. The lowest BCUT2D eigenvalue weighted by atomic mass is 10.1. The topological polar surface area (TPSA) is 73.6 Å². The summed E-state index contributed by atoms with van der Waals surface area (Å²) in [6, 6.07) is 13.5. The molecule has 0 amide bonds. The summed E-state index contributed by atoms with van der Waals surface area (Å²) in [6.07, 6.45) is 1.54. The van der Waals surface area contributed by atoms with Crippen molar-refractivity contribution in [3.8, 4) is 27.6 Å². The summed E-state index contributed by atoms with van der Waals surface area (Å²) in [6.45, 7) is 7.62. The van der Waals surface area contributed by atoms with Gasteiger partial charge in [0, 0.05) is 10.9 Å². The third kappa shape index (κ3) is 4.40. The molecule has 0 atom stereocenters. The Balaban J connectivity index is 1.72. The van der Waals surface area contributed by atoms with Gasteiger partial charge < -0.3 is 14.6 Å². The summed E-state index contributed by atoms with van der Waals surface area (Å²) in [5.74, 6) is 0.967. The number of benzene rings is 2. The highest BCUT2D eigenvalue weighted by atomic mass is 32.1. The molecule has 2 aromatic carbocycles. The predicted molar refractivity (Wildman–Crippen MR) is 128 cm³/mol. The molecule has 0 fully saturated rings. The van der Waals surface area contributed by atoms with Crippen LogP contribution in [0.3, 0.4) is 0 Å². The maximum atomic E-state index is 13.3. The summed E-state index contributed by atoms with van der Waals surface area (Å²) in [7, 11) is 1.54. The van der Waals surface area contributed by atoms with Gasteiger partial charge in [-0.15, -0.1) is 11.3 Å². The number of nitrogens with zero attached hydrogens (tertiary/aromatic N) is 2. The van der Waals surface area contributed by atoms with E-state index in [1.807, 2.05) is 6.07 Å². The third-order valence-corrected chi connectivity index (χ3v) is 6.40. The molecular weight excluding hydrogens is 424 g/mol. The Morgan fingerprint density at radius 1 is 1.06 bits per heavy atom. The van der Waals surface area contributed by atoms with Gasteiger partial charge in [0.15, 0.2) is 11.5 Å². The number of aromatic nitrogens is 2. The zero-order chi connectivity index (χ0) is 23.0. The highest BCUT2D eigenvalue weighted by Gasteiger charge is 2.17. The summed E-state index contributed by atoms with van der Waals surface area (Å²) < 4.78 is 13.2. The van der Waals surface area contributed by atoms with Gasteiger partial charge in [0.2, 0.25) is 0 Å². The molecule has 2 aromatic heterocycles. The van der Waals surface area contributed by atoms with Crippen LogP contribution in [0, 0.1) is 13.8 Å². The second-order valence-electron chi connectivity index (χ2n) is 8.48. The smallest absolute Gasteiger partial charge is 0.275 e. The van der Waals surface area contributed by atoms with E-state index in [2.05, 4.69) is 37.0 Å². The zero-order valence-corrected chi connectivity index (χ0v) is 19.6. The van der Waals surface area contributed by atoms with Crippen LogP contribution < -0.4 is 15.0 Å². The van der Waals surface area contributed by atoms with E-state index in [0.717, 1.165) is 10.4 Å². The lowest BCUT2D eigenvalue weighted by Crippen LogP contribution is -2.28. The minimum Gasteiger partial charge on any atom is -0.493 e. The number of hydrogen-bond acceptors (Lipinski definition) is 6. The van der Waals surface area contributed by atoms with Crippen LogP contribution in [-0.2, 0) is 0 Å². The number of hydrogen-bond donors (Lipinski definition) is 1. The first kappa shape index (κ1) is 22.0. The summed E-state index contributed by atoms with van der Waals surface area (Å²) in [5.41, 5.74) is 3.73. The molecular formula is C25H26N2O4S. The fraction of sp³-hybridized carbons (Fsp3) is 0.280.